The fourth-order valence-electron chi connectivity index (χ4n) is 1.70. The molecule has 0 spiro atoms. The summed E-state index contributed by atoms with van der Waals surface area (Å²) >= 11 is 0. The number of rotatable bonds is 2. The first-order chi connectivity index (χ1) is 7.65. The average Bonchev–Trinajstić information content (AvgIpc) is 2.24. The standard InChI is InChI=1S/C14H12F2/c1-10-7-12(5-6-14(10)16)8-11-3-2-4-13(15)9-11/h2-7,9H,8H2,1H3. The summed E-state index contributed by atoms with van der Waals surface area (Å²) in [6.07, 6.45) is 0.624. The van der Waals surface area contributed by atoms with Crippen LogP contribution in [0.25, 0.3) is 0 Å². The van der Waals surface area contributed by atoms with Crippen molar-refractivity contribution in [2.45, 2.75) is 13.3 Å². The third-order valence-electron chi connectivity index (χ3n) is 2.52. The van der Waals surface area contributed by atoms with E-state index in [0.29, 0.717) is 12.0 Å². The van der Waals surface area contributed by atoms with Crippen molar-refractivity contribution >= 4 is 0 Å². The molecule has 0 fully saturated rings. The van der Waals surface area contributed by atoms with E-state index >= 15 is 0 Å². The second-order valence-electron chi connectivity index (χ2n) is 3.89. The van der Waals surface area contributed by atoms with Crippen LogP contribution in [0.5, 0.6) is 0 Å². The van der Waals surface area contributed by atoms with Crippen LogP contribution in [0.1, 0.15) is 16.7 Å². The molecule has 2 aromatic rings. The molecule has 0 saturated carbocycles. The SMILES string of the molecule is Cc1cc(Cc2cccc(F)c2)ccc1F. The van der Waals surface area contributed by atoms with Crippen LogP contribution in [0.4, 0.5) is 8.78 Å². The normalized spacial score (nSPS) is 10.4. The maximum Gasteiger partial charge on any atom is 0.126 e. The van der Waals surface area contributed by atoms with Gasteiger partial charge in [-0.05, 0) is 48.2 Å². The zero-order valence-electron chi connectivity index (χ0n) is 9.00. The maximum atomic E-state index is 13.0. The molecule has 0 aliphatic heterocycles. The zero-order chi connectivity index (χ0) is 11.5. The number of benzene rings is 2. The molecule has 2 rings (SSSR count). The molecule has 0 amide bonds. The number of hydrogen-bond acceptors (Lipinski definition) is 0. The highest BCUT2D eigenvalue weighted by atomic mass is 19.1. The van der Waals surface area contributed by atoms with Crippen molar-refractivity contribution in [3.8, 4) is 0 Å². The molecule has 0 radical (unpaired) electrons. The molecule has 0 aliphatic rings. The van der Waals surface area contributed by atoms with Gasteiger partial charge in [-0.25, -0.2) is 8.78 Å². The van der Waals surface area contributed by atoms with E-state index in [1.54, 1.807) is 25.1 Å². The fraction of sp³-hybridized carbons (Fsp3) is 0.143. The molecule has 16 heavy (non-hydrogen) atoms. The monoisotopic (exact) mass is 218 g/mol. The topological polar surface area (TPSA) is 0 Å². The lowest BCUT2D eigenvalue weighted by molar-refractivity contribution is 0.617. The minimum Gasteiger partial charge on any atom is -0.207 e. The largest absolute Gasteiger partial charge is 0.207 e. The Morgan fingerprint density at radius 1 is 0.938 bits per heavy atom. The summed E-state index contributed by atoms with van der Waals surface area (Å²) in [6.45, 7) is 1.73. The second kappa shape index (κ2) is 4.44. The zero-order valence-corrected chi connectivity index (χ0v) is 9.00. The second-order valence-corrected chi connectivity index (χ2v) is 3.89. The van der Waals surface area contributed by atoms with E-state index < -0.39 is 0 Å². The van der Waals surface area contributed by atoms with Crippen molar-refractivity contribution in [2.75, 3.05) is 0 Å². The Bertz CT molecular complexity index is 504. The van der Waals surface area contributed by atoms with Gasteiger partial charge in [0.05, 0.1) is 0 Å². The Labute approximate surface area is 93.5 Å². The molecule has 0 heterocycles. The first-order valence-electron chi connectivity index (χ1n) is 5.14. The van der Waals surface area contributed by atoms with Crippen LogP contribution in [0.15, 0.2) is 42.5 Å². The molecule has 0 unspecified atom stereocenters. The third kappa shape index (κ3) is 2.45. The average molecular weight is 218 g/mol. The van der Waals surface area contributed by atoms with Gasteiger partial charge >= 0.3 is 0 Å². The smallest absolute Gasteiger partial charge is 0.126 e. The summed E-state index contributed by atoms with van der Waals surface area (Å²) in [5, 5.41) is 0. The van der Waals surface area contributed by atoms with Gasteiger partial charge in [-0.15, -0.1) is 0 Å². The highest BCUT2D eigenvalue weighted by Gasteiger charge is 2.01. The van der Waals surface area contributed by atoms with Gasteiger partial charge in [0.1, 0.15) is 11.6 Å². The van der Waals surface area contributed by atoms with Crippen molar-refractivity contribution < 1.29 is 8.78 Å². The highest BCUT2D eigenvalue weighted by Crippen LogP contribution is 2.14. The van der Waals surface area contributed by atoms with Gasteiger partial charge in [0.2, 0.25) is 0 Å². The lowest BCUT2D eigenvalue weighted by atomic mass is 10.0. The van der Waals surface area contributed by atoms with Gasteiger partial charge in [0, 0.05) is 0 Å². The van der Waals surface area contributed by atoms with Gasteiger partial charge in [0.25, 0.3) is 0 Å². The van der Waals surface area contributed by atoms with Crippen LogP contribution in [0.2, 0.25) is 0 Å². The third-order valence-corrected chi connectivity index (χ3v) is 2.52. The first kappa shape index (κ1) is 10.8. The summed E-state index contributed by atoms with van der Waals surface area (Å²) in [6, 6.07) is 11.4. The molecule has 2 heteroatoms. The maximum absolute atomic E-state index is 13.0. The molecular formula is C14H12F2. The number of halogens is 2. The lowest BCUT2D eigenvalue weighted by Gasteiger charge is -2.04. The van der Waals surface area contributed by atoms with E-state index in [0.717, 1.165) is 11.1 Å². The Morgan fingerprint density at radius 3 is 2.38 bits per heavy atom. The molecule has 0 saturated heterocycles. The van der Waals surface area contributed by atoms with Crippen LogP contribution in [0, 0.1) is 18.6 Å². The van der Waals surface area contributed by atoms with Crippen LogP contribution in [-0.2, 0) is 6.42 Å². The van der Waals surface area contributed by atoms with Crippen molar-refractivity contribution in [3.63, 3.8) is 0 Å². The van der Waals surface area contributed by atoms with Crippen LogP contribution >= 0.6 is 0 Å². The van der Waals surface area contributed by atoms with Crippen molar-refractivity contribution in [2.24, 2.45) is 0 Å². The number of aryl methyl sites for hydroxylation is 1. The van der Waals surface area contributed by atoms with Gasteiger partial charge in [-0.2, -0.15) is 0 Å². The molecule has 0 aromatic heterocycles. The Morgan fingerprint density at radius 2 is 1.69 bits per heavy atom. The van der Waals surface area contributed by atoms with Gasteiger partial charge in [0.15, 0.2) is 0 Å². The summed E-state index contributed by atoms with van der Waals surface area (Å²) in [4.78, 5) is 0. The predicted molar refractivity (Wildman–Crippen MR) is 60.3 cm³/mol. The van der Waals surface area contributed by atoms with Gasteiger partial charge < -0.3 is 0 Å². The Balaban J connectivity index is 2.24. The van der Waals surface area contributed by atoms with E-state index in [4.69, 9.17) is 0 Å². The summed E-state index contributed by atoms with van der Waals surface area (Å²) in [5.41, 5.74) is 2.50. The quantitative estimate of drug-likeness (QED) is 0.718. The molecule has 2 aromatic carbocycles. The summed E-state index contributed by atoms with van der Waals surface area (Å²) in [7, 11) is 0. The molecular weight excluding hydrogens is 206 g/mol. The van der Waals surface area contributed by atoms with Crippen molar-refractivity contribution in [3.05, 3.63) is 70.8 Å². The van der Waals surface area contributed by atoms with E-state index in [1.165, 1.54) is 18.2 Å². The predicted octanol–water partition coefficient (Wildman–Crippen LogP) is 3.86. The molecule has 0 bridgehead atoms. The van der Waals surface area contributed by atoms with Crippen molar-refractivity contribution in [1.29, 1.82) is 0 Å². The Hall–Kier alpha value is -1.70. The minimum atomic E-state index is -0.240. The minimum absolute atomic E-state index is 0.206. The highest BCUT2D eigenvalue weighted by molar-refractivity contribution is 5.29. The van der Waals surface area contributed by atoms with Crippen LogP contribution in [-0.4, -0.2) is 0 Å². The van der Waals surface area contributed by atoms with Gasteiger partial charge in [-0.1, -0.05) is 24.3 Å². The first-order valence-corrected chi connectivity index (χ1v) is 5.14. The van der Waals surface area contributed by atoms with E-state index in [1.807, 2.05) is 6.07 Å². The molecule has 0 atom stereocenters. The molecule has 0 aliphatic carbocycles. The van der Waals surface area contributed by atoms with E-state index in [9.17, 15) is 8.78 Å². The fourth-order valence-corrected chi connectivity index (χ4v) is 1.70. The Kier molecular flexibility index (Phi) is 3.00. The van der Waals surface area contributed by atoms with Gasteiger partial charge in [-0.3, -0.25) is 0 Å². The summed E-state index contributed by atoms with van der Waals surface area (Å²) in [5.74, 6) is -0.445. The van der Waals surface area contributed by atoms with Crippen LogP contribution < -0.4 is 0 Å². The lowest BCUT2D eigenvalue weighted by Crippen LogP contribution is -1.91. The van der Waals surface area contributed by atoms with Crippen molar-refractivity contribution in [1.82, 2.24) is 0 Å². The molecule has 0 N–H and O–H groups in total. The number of hydrogen-bond donors (Lipinski definition) is 0. The van der Waals surface area contributed by atoms with E-state index in [-0.39, 0.29) is 11.6 Å². The molecule has 0 nitrogen and oxygen atoms in total. The molecule has 82 valence electrons. The van der Waals surface area contributed by atoms with E-state index in [2.05, 4.69) is 0 Å². The summed E-state index contributed by atoms with van der Waals surface area (Å²) < 4.78 is 26.0. The van der Waals surface area contributed by atoms with Crippen LogP contribution in [0.3, 0.4) is 0 Å².